The molecule has 109 heavy (non-hydrogen) atoms. The summed E-state index contributed by atoms with van der Waals surface area (Å²) in [7, 11) is 20.9. The summed E-state index contributed by atoms with van der Waals surface area (Å²) < 4.78 is 54.2. The van der Waals surface area contributed by atoms with Crippen molar-refractivity contribution in [2.24, 2.45) is 0 Å². The Morgan fingerprint density at radius 3 is 0.972 bits per heavy atom. The van der Waals surface area contributed by atoms with E-state index in [1.807, 2.05) is 59.5 Å². The molecule has 0 aliphatic carbocycles. The van der Waals surface area contributed by atoms with Crippen molar-refractivity contribution in [3.05, 3.63) is 267 Å². The highest BCUT2D eigenvalue weighted by Gasteiger charge is 2.24. The van der Waals surface area contributed by atoms with Gasteiger partial charge in [-0.05, 0) is 182 Å². The van der Waals surface area contributed by atoms with Crippen molar-refractivity contribution in [3.63, 3.8) is 0 Å². The number of methoxy groups -OCH3 is 5. The van der Waals surface area contributed by atoms with Crippen LogP contribution in [0.25, 0.3) is 0 Å². The molecule has 0 heterocycles. The second-order valence-electron chi connectivity index (χ2n) is 26.7. The Balaban J connectivity index is 0.000000213. The Morgan fingerprint density at radius 2 is 0.569 bits per heavy atom. The van der Waals surface area contributed by atoms with E-state index in [9.17, 15) is 0 Å². The van der Waals surface area contributed by atoms with Gasteiger partial charge in [0, 0.05) is 100 Å². The molecule has 0 bridgehead atoms. The summed E-state index contributed by atoms with van der Waals surface area (Å²) in [4.78, 5) is 0. The molecule has 0 radical (unpaired) electrons. The molecule has 0 aliphatic rings. The van der Waals surface area contributed by atoms with Crippen molar-refractivity contribution in [2.45, 2.75) is 93.5 Å². The van der Waals surface area contributed by atoms with Crippen LogP contribution in [0.4, 0.5) is 0 Å². The molecule has 5 N–H and O–H groups in total. The molecular formula is C89H118N5O10P5. The van der Waals surface area contributed by atoms with Gasteiger partial charge in [0.2, 0.25) is 0 Å². The molecule has 15 nitrogen and oxygen atoms in total. The number of para-hydroxylation sites is 2. The minimum Gasteiger partial charge on any atom is -0.467 e. The number of rotatable bonds is 35. The van der Waals surface area contributed by atoms with E-state index in [2.05, 4.69) is 264 Å². The lowest BCUT2D eigenvalue weighted by Gasteiger charge is -2.26. The van der Waals surface area contributed by atoms with Crippen LogP contribution < -0.4 is 103 Å². The van der Waals surface area contributed by atoms with Crippen LogP contribution in [-0.2, 0) is 61.8 Å². The van der Waals surface area contributed by atoms with Crippen LogP contribution in [0.3, 0.4) is 0 Å². The summed E-state index contributed by atoms with van der Waals surface area (Å²) in [5, 5.41) is 29.0. The van der Waals surface area contributed by atoms with E-state index in [1.54, 1.807) is 35.5 Å². The van der Waals surface area contributed by atoms with Crippen LogP contribution in [0.15, 0.2) is 206 Å². The average molecular weight is 1570 g/mol. The lowest BCUT2D eigenvalue weighted by molar-refractivity contribution is 0.0505. The smallest absolute Gasteiger partial charge is 0.188 e. The fourth-order valence-corrected chi connectivity index (χ4v) is 18.5. The standard InChI is InChI=1S/C21H30NO2P.C18H24NO2P.2C17H22NO2P.C16H20NO2P/c1-15-11-17(21(2,3)4)20(24-14-23-6)19(12-15)25-18-10-8-7-9-16(18)13-22-5;1-13-9-14(2)18(21-12-20-4)17(10-13)22-16-8-6-5-7-15(16)11-19-3;1-13-7-6-10-16(17(13)20-12-19-3)21-15-9-5-4-8-14(15)11-18-2;1-13-8-9-15(20-12-19-3)17(10-13)21-16-7-5-4-6-14(16)11-18-2;1-17-11-13-7-3-5-9-15(13)20-16-10-6-4-8-14(16)19-12-18-2/h7-12,22,25H,13-14H2,1-6H3;5-10,19,22H,11-12H2,1-4H3;2*4-10,18,21H,11-12H2,1-3H3;3-10,17,20H,11-12H2,1-2H3. The second kappa shape index (κ2) is 50.8. The number of nitrogens with one attached hydrogen (secondary N) is 5. The van der Waals surface area contributed by atoms with E-state index < -0.39 is 0 Å². The van der Waals surface area contributed by atoms with E-state index in [1.165, 1.54) is 103 Å². The molecule has 0 aliphatic heterocycles. The molecule has 0 fully saturated rings. The van der Waals surface area contributed by atoms with Gasteiger partial charge < -0.3 is 74.0 Å². The average Bonchev–Trinajstić information content (AvgIpc) is 0.793. The highest BCUT2D eigenvalue weighted by molar-refractivity contribution is 7.57. The molecule has 10 rings (SSSR count). The van der Waals surface area contributed by atoms with Gasteiger partial charge in [0.05, 0.1) is 0 Å². The van der Waals surface area contributed by atoms with Crippen LogP contribution in [0.1, 0.15) is 82.0 Å². The molecular weight excluding hydrogens is 1450 g/mol. The molecule has 0 spiro atoms. The summed E-state index contributed by atoms with van der Waals surface area (Å²) in [6.45, 7) is 23.0. The SMILES string of the molecule is CNCc1ccccc1Pc1cc(C)cc(C(C)(C)C)c1OCOC.CNCc1ccccc1Pc1cc(C)cc(C)c1OCOC.CNCc1ccccc1Pc1cc(C)ccc1OCOC.CNCc1ccccc1Pc1cccc(C)c1OCOC.CNCc1ccccc1Pc1ccccc1OCOC. The largest absolute Gasteiger partial charge is 0.467 e. The van der Waals surface area contributed by atoms with E-state index in [0.29, 0.717) is 42.9 Å². The maximum atomic E-state index is 6.04. The normalized spacial score (nSPS) is 11.4. The Kier molecular flexibility index (Phi) is 42.3. The molecule has 0 aromatic heterocycles. The monoisotopic (exact) mass is 1570 g/mol. The van der Waals surface area contributed by atoms with E-state index >= 15 is 0 Å². The highest BCUT2D eigenvalue weighted by atomic mass is 31.1. The molecule has 584 valence electrons. The van der Waals surface area contributed by atoms with Crippen LogP contribution >= 0.6 is 42.9 Å². The number of aryl methyl sites for hydroxylation is 5. The van der Waals surface area contributed by atoms with E-state index in [-0.39, 0.29) is 39.4 Å². The van der Waals surface area contributed by atoms with Gasteiger partial charge in [-0.25, -0.2) is 0 Å². The summed E-state index contributed by atoms with van der Waals surface area (Å²) in [6, 6.07) is 72.3. The van der Waals surface area contributed by atoms with Crippen LogP contribution in [0.5, 0.6) is 28.7 Å². The Labute approximate surface area is 660 Å². The maximum absolute atomic E-state index is 6.04. The molecule has 5 atom stereocenters. The van der Waals surface area contributed by atoms with Crippen molar-refractivity contribution < 1.29 is 47.4 Å². The first-order valence-electron chi connectivity index (χ1n) is 36.5. The molecule has 0 saturated heterocycles. The highest BCUT2D eigenvalue weighted by Crippen LogP contribution is 2.35. The fraction of sp³-hybridized carbons (Fsp3) is 0.326. The van der Waals surface area contributed by atoms with Crippen molar-refractivity contribution in [3.8, 4) is 28.7 Å². The summed E-state index contributed by atoms with van der Waals surface area (Å²) >= 11 is 0. The maximum Gasteiger partial charge on any atom is 0.188 e. The summed E-state index contributed by atoms with van der Waals surface area (Å²) in [5.74, 6) is 4.66. The third kappa shape index (κ3) is 30.9. The van der Waals surface area contributed by atoms with Gasteiger partial charge in [-0.15, -0.1) is 0 Å². The van der Waals surface area contributed by atoms with Gasteiger partial charge in [0.1, 0.15) is 28.7 Å². The lowest BCUT2D eigenvalue weighted by Crippen LogP contribution is -2.21. The second-order valence-corrected chi connectivity index (χ2v) is 33.3. The zero-order chi connectivity index (χ0) is 78.8. The van der Waals surface area contributed by atoms with Crippen molar-refractivity contribution in [2.75, 3.05) is 105 Å². The Hall–Kier alpha value is -7.05. The van der Waals surface area contributed by atoms with Gasteiger partial charge in [0.15, 0.2) is 34.0 Å². The molecule has 10 aromatic rings. The third-order valence-electron chi connectivity index (χ3n) is 16.6. The summed E-state index contributed by atoms with van der Waals surface area (Å²) in [6.07, 6.45) is 0. The lowest BCUT2D eigenvalue weighted by atomic mass is 9.85. The third-order valence-corrected chi connectivity index (χ3v) is 23.7. The number of benzene rings is 10. The Bertz CT molecular complexity index is 4260. The minimum absolute atomic E-state index is 0.0127. The molecule has 0 amide bonds. The predicted molar refractivity (Wildman–Crippen MR) is 471 cm³/mol. The molecule has 0 saturated carbocycles. The first-order chi connectivity index (χ1) is 52.9. The molecule has 20 heteroatoms. The zero-order valence-electron chi connectivity index (χ0n) is 67.3. The number of ether oxygens (including phenoxy) is 10. The first kappa shape index (κ1) is 90.8. The van der Waals surface area contributed by atoms with Crippen LogP contribution in [-0.4, -0.2) is 105 Å². The predicted octanol–water partition coefficient (Wildman–Crippen LogP) is 12.9. The van der Waals surface area contributed by atoms with Gasteiger partial charge in [-0.1, -0.05) is 245 Å². The molecule has 10 aromatic carbocycles. The first-order valence-corrected chi connectivity index (χ1v) is 41.5. The number of hydrogen-bond acceptors (Lipinski definition) is 15. The Morgan fingerprint density at radius 1 is 0.266 bits per heavy atom. The zero-order valence-corrected chi connectivity index (χ0v) is 72.3. The van der Waals surface area contributed by atoms with Crippen molar-refractivity contribution >= 4 is 95.9 Å². The van der Waals surface area contributed by atoms with Gasteiger partial charge in [-0.3, -0.25) is 0 Å². The van der Waals surface area contributed by atoms with Gasteiger partial charge >= 0.3 is 0 Å². The van der Waals surface area contributed by atoms with E-state index in [4.69, 9.17) is 47.4 Å². The fourth-order valence-electron chi connectivity index (χ4n) is 11.6. The summed E-state index contributed by atoms with van der Waals surface area (Å²) in [5.41, 5.74) is 14.0. The van der Waals surface area contributed by atoms with Crippen LogP contribution in [0.2, 0.25) is 0 Å². The van der Waals surface area contributed by atoms with Gasteiger partial charge in [0.25, 0.3) is 0 Å². The van der Waals surface area contributed by atoms with Gasteiger partial charge in [-0.2, -0.15) is 0 Å². The van der Waals surface area contributed by atoms with Crippen molar-refractivity contribution in [1.29, 1.82) is 0 Å². The number of hydrogen-bond donors (Lipinski definition) is 5. The molecule has 5 unspecified atom stereocenters. The topological polar surface area (TPSA) is 152 Å². The van der Waals surface area contributed by atoms with Crippen molar-refractivity contribution in [1.82, 2.24) is 26.6 Å². The van der Waals surface area contributed by atoms with E-state index in [0.717, 1.165) is 72.6 Å². The quantitative estimate of drug-likeness (QED) is 0.0189. The minimum atomic E-state index is 0.0127. The van der Waals surface area contributed by atoms with Crippen LogP contribution in [0, 0.1) is 34.6 Å².